The fourth-order valence-electron chi connectivity index (χ4n) is 1.73. The Bertz CT molecular complexity index is 564. The Hall–Kier alpha value is -1.88. The minimum absolute atomic E-state index is 0.374. The molecule has 1 amide bonds. The van der Waals surface area contributed by atoms with Crippen molar-refractivity contribution in [1.82, 2.24) is 10.3 Å². The summed E-state index contributed by atoms with van der Waals surface area (Å²) in [5.41, 5.74) is 3.36. The quantitative estimate of drug-likeness (QED) is 0.918. The van der Waals surface area contributed by atoms with Gasteiger partial charge in [-0.25, -0.2) is 9.78 Å². The van der Waals surface area contributed by atoms with Gasteiger partial charge in [0, 0.05) is 23.9 Å². The largest absolute Gasteiger partial charge is 0.450 e. The number of nitrogens with one attached hydrogen (secondary N) is 1. The molecule has 5 heteroatoms. The van der Waals surface area contributed by atoms with Crippen LogP contribution in [0.3, 0.4) is 0 Å². The van der Waals surface area contributed by atoms with Crippen molar-refractivity contribution < 1.29 is 9.53 Å². The molecule has 0 spiro atoms. The molecule has 106 valence electrons. The molecule has 2 aromatic rings. The highest BCUT2D eigenvalue weighted by Gasteiger charge is 2.05. The van der Waals surface area contributed by atoms with Crippen LogP contribution in [0.25, 0.3) is 10.6 Å². The molecule has 0 radical (unpaired) electrons. The second kappa shape index (κ2) is 7.05. The maximum absolute atomic E-state index is 11.1. The molecule has 0 bridgehead atoms. The van der Waals surface area contributed by atoms with Gasteiger partial charge in [-0.2, -0.15) is 0 Å². The van der Waals surface area contributed by atoms with Gasteiger partial charge in [-0.1, -0.05) is 29.8 Å². The first kappa shape index (κ1) is 14.5. The molecular formula is C15H18N2O2S. The Morgan fingerprint density at radius 3 is 2.80 bits per heavy atom. The molecule has 4 nitrogen and oxygen atoms in total. The highest BCUT2D eigenvalue weighted by Crippen LogP contribution is 2.23. The van der Waals surface area contributed by atoms with Crippen LogP contribution in [-0.2, 0) is 11.2 Å². The van der Waals surface area contributed by atoms with Crippen LogP contribution in [0.2, 0.25) is 0 Å². The Labute approximate surface area is 122 Å². The van der Waals surface area contributed by atoms with Gasteiger partial charge in [-0.15, -0.1) is 11.3 Å². The minimum Gasteiger partial charge on any atom is -0.450 e. The summed E-state index contributed by atoms with van der Waals surface area (Å²) >= 11 is 1.62. The molecule has 0 unspecified atom stereocenters. The first-order valence-corrected chi connectivity index (χ1v) is 7.49. The van der Waals surface area contributed by atoms with Gasteiger partial charge in [-0.3, -0.25) is 0 Å². The van der Waals surface area contributed by atoms with Crippen molar-refractivity contribution in [3.63, 3.8) is 0 Å². The molecule has 20 heavy (non-hydrogen) atoms. The molecule has 0 saturated heterocycles. The van der Waals surface area contributed by atoms with Crippen molar-refractivity contribution in [2.45, 2.75) is 20.3 Å². The number of hydrogen-bond acceptors (Lipinski definition) is 4. The number of aryl methyl sites for hydroxylation is 1. The maximum atomic E-state index is 11.1. The molecule has 1 aromatic heterocycles. The van der Waals surface area contributed by atoms with Crippen molar-refractivity contribution in [3.05, 3.63) is 40.9 Å². The highest BCUT2D eigenvalue weighted by atomic mass is 32.1. The molecule has 1 aromatic carbocycles. The van der Waals surface area contributed by atoms with Gasteiger partial charge in [0.1, 0.15) is 5.01 Å². The Kier molecular flexibility index (Phi) is 5.12. The van der Waals surface area contributed by atoms with E-state index in [1.54, 1.807) is 18.3 Å². The second-order valence-electron chi connectivity index (χ2n) is 4.41. The van der Waals surface area contributed by atoms with Gasteiger partial charge in [0.15, 0.2) is 0 Å². The standard InChI is InChI=1S/C15H18N2O2S/c1-3-19-15(18)16-9-8-13-10-20-14(17-13)12-6-4-11(2)5-7-12/h4-7,10H,3,8-9H2,1-2H3,(H,16,18). The van der Waals surface area contributed by atoms with Gasteiger partial charge >= 0.3 is 6.09 Å². The van der Waals surface area contributed by atoms with Crippen molar-refractivity contribution in [3.8, 4) is 10.6 Å². The van der Waals surface area contributed by atoms with E-state index in [0.717, 1.165) is 16.3 Å². The molecule has 0 aliphatic rings. The molecule has 0 atom stereocenters. The van der Waals surface area contributed by atoms with Crippen LogP contribution in [0.4, 0.5) is 4.79 Å². The smallest absolute Gasteiger partial charge is 0.407 e. The lowest BCUT2D eigenvalue weighted by molar-refractivity contribution is 0.152. The summed E-state index contributed by atoms with van der Waals surface area (Å²) in [7, 11) is 0. The summed E-state index contributed by atoms with van der Waals surface area (Å²) in [6.45, 7) is 4.78. The number of carbonyl (C=O) groups excluding carboxylic acids is 1. The number of amides is 1. The number of ether oxygens (including phenoxy) is 1. The third-order valence-corrected chi connectivity index (χ3v) is 3.72. The number of thiazole rings is 1. The van der Waals surface area contributed by atoms with Crippen LogP contribution in [0, 0.1) is 6.92 Å². The van der Waals surface area contributed by atoms with Crippen LogP contribution in [-0.4, -0.2) is 24.2 Å². The van der Waals surface area contributed by atoms with E-state index in [-0.39, 0.29) is 6.09 Å². The lowest BCUT2D eigenvalue weighted by atomic mass is 10.2. The van der Waals surface area contributed by atoms with Gasteiger partial charge in [0.05, 0.1) is 12.3 Å². The summed E-state index contributed by atoms with van der Waals surface area (Å²) in [6.07, 6.45) is 0.336. The van der Waals surface area contributed by atoms with Crippen LogP contribution in [0.15, 0.2) is 29.6 Å². The molecule has 0 aliphatic carbocycles. The van der Waals surface area contributed by atoms with E-state index in [1.165, 1.54) is 5.56 Å². The SMILES string of the molecule is CCOC(=O)NCCc1csc(-c2ccc(C)cc2)n1. The number of nitrogens with zero attached hydrogens (tertiary/aromatic N) is 1. The van der Waals surface area contributed by atoms with Crippen LogP contribution >= 0.6 is 11.3 Å². The van der Waals surface area contributed by atoms with E-state index < -0.39 is 0 Å². The predicted octanol–water partition coefficient (Wildman–Crippen LogP) is 3.41. The summed E-state index contributed by atoms with van der Waals surface area (Å²) in [5, 5.41) is 5.73. The van der Waals surface area contributed by atoms with Crippen LogP contribution < -0.4 is 5.32 Å². The Balaban J connectivity index is 1.89. The highest BCUT2D eigenvalue weighted by molar-refractivity contribution is 7.13. The van der Waals surface area contributed by atoms with Gasteiger partial charge in [0.2, 0.25) is 0 Å². The minimum atomic E-state index is -0.374. The summed E-state index contributed by atoms with van der Waals surface area (Å²) < 4.78 is 4.80. The molecule has 0 fully saturated rings. The summed E-state index contributed by atoms with van der Waals surface area (Å²) in [6, 6.07) is 8.32. The molecule has 0 aliphatic heterocycles. The average molecular weight is 290 g/mol. The van der Waals surface area contributed by atoms with Crippen molar-refractivity contribution in [2.24, 2.45) is 0 Å². The second-order valence-corrected chi connectivity index (χ2v) is 5.27. The first-order chi connectivity index (χ1) is 9.69. The van der Waals surface area contributed by atoms with Crippen molar-refractivity contribution in [2.75, 3.05) is 13.2 Å². The van der Waals surface area contributed by atoms with Crippen molar-refractivity contribution >= 4 is 17.4 Å². The third kappa shape index (κ3) is 4.06. The summed E-state index contributed by atoms with van der Waals surface area (Å²) in [5.74, 6) is 0. The number of benzene rings is 1. The monoisotopic (exact) mass is 290 g/mol. The number of aromatic nitrogens is 1. The fourth-order valence-corrected chi connectivity index (χ4v) is 2.59. The number of rotatable bonds is 5. The van der Waals surface area contributed by atoms with E-state index in [9.17, 15) is 4.79 Å². The normalized spacial score (nSPS) is 10.3. The lowest BCUT2D eigenvalue weighted by Crippen LogP contribution is -2.26. The topological polar surface area (TPSA) is 51.2 Å². The summed E-state index contributed by atoms with van der Waals surface area (Å²) in [4.78, 5) is 15.7. The Morgan fingerprint density at radius 1 is 1.35 bits per heavy atom. The van der Waals surface area contributed by atoms with E-state index in [0.29, 0.717) is 19.6 Å². The van der Waals surface area contributed by atoms with Crippen LogP contribution in [0.5, 0.6) is 0 Å². The fraction of sp³-hybridized carbons (Fsp3) is 0.333. The number of hydrogen-bond donors (Lipinski definition) is 1. The molecule has 2 rings (SSSR count). The molecular weight excluding hydrogens is 272 g/mol. The van der Waals surface area contributed by atoms with E-state index in [2.05, 4.69) is 41.5 Å². The maximum Gasteiger partial charge on any atom is 0.407 e. The zero-order chi connectivity index (χ0) is 14.4. The zero-order valence-corrected chi connectivity index (χ0v) is 12.5. The average Bonchev–Trinajstić information content (AvgIpc) is 2.89. The Morgan fingerprint density at radius 2 is 2.10 bits per heavy atom. The predicted molar refractivity (Wildman–Crippen MR) is 81.0 cm³/mol. The third-order valence-electron chi connectivity index (χ3n) is 2.78. The van der Waals surface area contributed by atoms with Gasteiger partial charge in [0.25, 0.3) is 0 Å². The van der Waals surface area contributed by atoms with E-state index in [4.69, 9.17) is 4.74 Å². The molecule has 0 saturated carbocycles. The molecule has 1 N–H and O–H groups in total. The van der Waals surface area contributed by atoms with E-state index in [1.807, 2.05) is 5.38 Å². The first-order valence-electron chi connectivity index (χ1n) is 6.61. The van der Waals surface area contributed by atoms with Crippen LogP contribution in [0.1, 0.15) is 18.2 Å². The molecule has 1 heterocycles. The number of carbonyl (C=O) groups is 1. The zero-order valence-electron chi connectivity index (χ0n) is 11.7. The van der Waals surface area contributed by atoms with Gasteiger partial charge in [-0.05, 0) is 13.8 Å². The van der Waals surface area contributed by atoms with Gasteiger partial charge < -0.3 is 10.1 Å². The van der Waals surface area contributed by atoms with Crippen molar-refractivity contribution in [1.29, 1.82) is 0 Å². The number of alkyl carbamates (subject to hydrolysis) is 1. The lowest BCUT2D eigenvalue weighted by Gasteiger charge is -2.03. The van der Waals surface area contributed by atoms with E-state index >= 15 is 0 Å².